The van der Waals surface area contributed by atoms with Crippen molar-refractivity contribution in [2.24, 2.45) is 7.05 Å². The quantitative estimate of drug-likeness (QED) is 0.114. The summed E-state index contributed by atoms with van der Waals surface area (Å²) < 4.78 is 81.2. The van der Waals surface area contributed by atoms with Crippen LogP contribution in [-0.4, -0.2) is 43.7 Å². The lowest BCUT2D eigenvalue weighted by atomic mass is 10.1. The van der Waals surface area contributed by atoms with Gasteiger partial charge in [-0.3, -0.25) is 9.13 Å². The summed E-state index contributed by atoms with van der Waals surface area (Å²) in [5.74, 6) is 2.00. The van der Waals surface area contributed by atoms with Gasteiger partial charge in [-0.2, -0.15) is 50.9 Å². The van der Waals surface area contributed by atoms with Gasteiger partial charge >= 0.3 is 18.0 Å². The number of benzene rings is 3. The molecule has 0 spiro atoms. The summed E-state index contributed by atoms with van der Waals surface area (Å²) in [4.78, 5) is 34.4. The topological polar surface area (TPSA) is 185 Å². The fraction of sp³-hybridized carbons (Fsp3) is 0.175. The van der Waals surface area contributed by atoms with Crippen molar-refractivity contribution in [2.75, 3.05) is 22.1 Å². The lowest BCUT2D eigenvalue weighted by molar-refractivity contribution is -0.138. The minimum atomic E-state index is -4.42. The normalized spacial score (nSPS) is 11.8. The van der Waals surface area contributed by atoms with E-state index in [-0.39, 0.29) is 29.2 Å². The molecule has 14 nitrogen and oxygen atoms in total. The van der Waals surface area contributed by atoms with Crippen molar-refractivity contribution in [3.8, 4) is 17.1 Å². The van der Waals surface area contributed by atoms with E-state index in [1.165, 1.54) is 33.3 Å². The van der Waals surface area contributed by atoms with E-state index in [9.17, 15) is 31.1 Å². The van der Waals surface area contributed by atoms with E-state index in [1.807, 2.05) is 41.8 Å². The van der Waals surface area contributed by atoms with Crippen molar-refractivity contribution in [3.05, 3.63) is 130 Å². The summed E-state index contributed by atoms with van der Waals surface area (Å²) in [6.45, 7) is 5.54. The zero-order chi connectivity index (χ0) is 43.1. The van der Waals surface area contributed by atoms with Crippen LogP contribution in [0.5, 0.6) is 0 Å². The van der Waals surface area contributed by atoms with Crippen LogP contribution in [0.25, 0.3) is 33.6 Å². The monoisotopic (exact) mass is 827 g/mol. The molecule has 5 heterocycles. The molecule has 0 bridgehead atoms. The Morgan fingerprint density at radius 2 is 1.23 bits per heavy atom. The zero-order valence-corrected chi connectivity index (χ0v) is 32.2. The number of nitrogen functional groups attached to an aromatic ring is 2. The number of hydrogen-bond donors (Lipinski definition) is 4. The molecule has 0 unspecified atom stereocenters. The van der Waals surface area contributed by atoms with Crippen LogP contribution >= 0.6 is 0 Å². The largest absolute Gasteiger partial charge is 0.416 e. The van der Waals surface area contributed by atoms with Gasteiger partial charge in [0.25, 0.3) is 0 Å². The van der Waals surface area contributed by atoms with Crippen LogP contribution in [0.3, 0.4) is 0 Å². The molecule has 60 heavy (non-hydrogen) atoms. The Balaban J connectivity index is 0.000000182. The molecule has 0 atom stereocenters. The second-order valence-corrected chi connectivity index (χ2v) is 13.5. The number of aryl methyl sites for hydroxylation is 3. The molecule has 0 aliphatic carbocycles. The van der Waals surface area contributed by atoms with Gasteiger partial charge in [0.1, 0.15) is 23.3 Å². The minimum Gasteiger partial charge on any atom is -0.384 e. The molecule has 20 heteroatoms. The molecule has 3 aromatic carbocycles. The number of nitrogens with two attached hydrogens (primary N) is 2. The molecular weight excluding hydrogens is 793 g/mol. The molecule has 0 saturated carbocycles. The van der Waals surface area contributed by atoms with Gasteiger partial charge in [-0.25, -0.2) is 14.8 Å². The van der Waals surface area contributed by atoms with E-state index >= 15 is 0 Å². The highest BCUT2D eigenvalue weighted by molar-refractivity contribution is 5.82. The third-order valence-corrected chi connectivity index (χ3v) is 9.29. The molecular formula is C40H35F6N13O. The first-order valence-corrected chi connectivity index (χ1v) is 18.1. The number of halogens is 6. The van der Waals surface area contributed by atoms with Crippen molar-refractivity contribution in [1.29, 1.82) is 0 Å². The number of alkyl halides is 6. The Kier molecular flexibility index (Phi) is 10.6. The second-order valence-electron chi connectivity index (χ2n) is 13.5. The van der Waals surface area contributed by atoms with E-state index < -0.39 is 23.5 Å². The average Bonchev–Trinajstić information content (AvgIpc) is 3.73. The SMILES string of the molecule is CCc1nc2ccccc2n1-c1cc(N)nc(Nc2ccc(C(F)(F)F)cc2)n1.Cc1nn2c(=O)n(C)c(C)cc2c1-c1cc(N)nc(Nc2ccc(C(F)(F)F)cc2)n1. The molecule has 308 valence electrons. The van der Waals surface area contributed by atoms with E-state index in [4.69, 9.17) is 11.5 Å². The molecule has 8 rings (SSSR count). The van der Waals surface area contributed by atoms with Gasteiger partial charge in [-0.1, -0.05) is 19.1 Å². The number of hydrogen-bond acceptors (Lipinski definition) is 11. The van der Waals surface area contributed by atoms with Crippen molar-refractivity contribution in [1.82, 2.24) is 43.7 Å². The van der Waals surface area contributed by atoms with E-state index in [0.717, 1.165) is 46.8 Å². The van der Waals surface area contributed by atoms with Crippen LogP contribution < -0.4 is 27.8 Å². The van der Waals surface area contributed by atoms with Gasteiger partial charge in [0, 0.05) is 48.2 Å². The Hall–Kier alpha value is -7.51. The summed E-state index contributed by atoms with van der Waals surface area (Å²) in [6, 6.07) is 21.8. The Labute approximate surface area is 336 Å². The number of aromatic nitrogens is 9. The molecule has 0 saturated heterocycles. The number of nitrogens with zero attached hydrogens (tertiary/aromatic N) is 9. The summed E-state index contributed by atoms with van der Waals surface area (Å²) in [5, 5.41) is 10.1. The molecule has 0 aliphatic rings. The average molecular weight is 828 g/mol. The number of fused-ring (bicyclic) bond motifs is 2. The minimum absolute atomic E-state index is 0.106. The third kappa shape index (κ3) is 8.38. The third-order valence-electron chi connectivity index (χ3n) is 9.29. The molecule has 0 aliphatic heterocycles. The molecule has 0 radical (unpaired) electrons. The predicted octanol–water partition coefficient (Wildman–Crippen LogP) is 8.17. The number of anilines is 6. The van der Waals surface area contributed by atoms with Crippen molar-refractivity contribution >= 4 is 51.5 Å². The Morgan fingerprint density at radius 3 is 1.80 bits per heavy atom. The van der Waals surface area contributed by atoms with E-state index in [2.05, 4.69) is 40.7 Å². The standard InChI is InChI=1S/C20H18F3N7O.C20H17F3N6/c1-10-8-15-17(11(2)28-30(15)19(31)29(10)3)14-9-16(24)27-18(26-14)25-13-6-4-12(5-7-13)20(21,22)23;1-2-17-26-14-5-3-4-6-15(14)29(17)18-11-16(24)27-19(28-18)25-13-9-7-12(8-10-13)20(21,22)23/h4-9H,1-3H3,(H3,24,25,26,27);3-11H,2H2,1H3,(H3,24,25,27,28). The van der Waals surface area contributed by atoms with Crippen LogP contribution in [0.15, 0.2) is 95.8 Å². The zero-order valence-electron chi connectivity index (χ0n) is 32.2. The van der Waals surface area contributed by atoms with Gasteiger partial charge in [0.05, 0.1) is 39.1 Å². The maximum atomic E-state index is 12.8. The van der Waals surface area contributed by atoms with Gasteiger partial charge in [0.2, 0.25) is 11.9 Å². The highest BCUT2D eigenvalue weighted by Crippen LogP contribution is 2.33. The fourth-order valence-corrected chi connectivity index (χ4v) is 6.31. The fourth-order valence-electron chi connectivity index (χ4n) is 6.31. The lowest BCUT2D eigenvalue weighted by Crippen LogP contribution is -2.26. The first-order valence-electron chi connectivity index (χ1n) is 18.1. The van der Waals surface area contributed by atoms with Crippen LogP contribution in [0.2, 0.25) is 0 Å². The molecule has 8 aromatic rings. The number of imidazole rings is 1. The number of para-hydroxylation sites is 2. The van der Waals surface area contributed by atoms with E-state index in [1.54, 1.807) is 33.0 Å². The summed E-state index contributed by atoms with van der Waals surface area (Å²) in [7, 11) is 1.66. The molecule has 5 aromatic heterocycles. The Bertz CT molecular complexity index is 2920. The highest BCUT2D eigenvalue weighted by Gasteiger charge is 2.31. The highest BCUT2D eigenvalue weighted by atomic mass is 19.4. The van der Waals surface area contributed by atoms with Gasteiger partial charge in [-0.05, 0) is 80.6 Å². The predicted molar refractivity (Wildman–Crippen MR) is 215 cm³/mol. The first kappa shape index (κ1) is 40.7. The van der Waals surface area contributed by atoms with Crippen LogP contribution in [0, 0.1) is 13.8 Å². The maximum absolute atomic E-state index is 12.8. The number of nitrogens with one attached hydrogen (secondary N) is 2. The number of rotatable bonds is 7. The summed E-state index contributed by atoms with van der Waals surface area (Å²) in [6.07, 6.45) is -8.13. The Morgan fingerprint density at radius 1 is 0.683 bits per heavy atom. The molecule has 6 N–H and O–H groups in total. The second kappa shape index (κ2) is 15.7. The van der Waals surface area contributed by atoms with Crippen LogP contribution in [-0.2, 0) is 25.8 Å². The molecule has 0 amide bonds. The summed E-state index contributed by atoms with van der Waals surface area (Å²) in [5.41, 5.74) is 15.5. The van der Waals surface area contributed by atoms with Gasteiger partial charge in [0.15, 0.2) is 0 Å². The van der Waals surface area contributed by atoms with Crippen molar-refractivity contribution in [3.63, 3.8) is 0 Å². The first-order chi connectivity index (χ1) is 28.4. The lowest BCUT2D eigenvalue weighted by Gasteiger charge is -2.12. The smallest absolute Gasteiger partial charge is 0.384 e. The van der Waals surface area contributed by atoms with E-state index in [0.29, 0.717) is 46.1 Å². The van der Waals surface area contributed by atoms with Gasteiger partial charge < -0.3 is 22.1 Å². The van der Waals surface area contributed by atoms with Gasteiger partial charge in [-0.15, -0.1) is 0 Å². The van der Waals surface area contributed by atoms with Crippen molar-refractivity contribution < 1.29 is 26.3 Å². The van der Waals surface area contributed by atoms with Crippen molar-refractivity contribution in [2.45, 2.75) is 39.5 Å². The summed E-state index contributed by atoms with van der Waals surface area (Å²) >= 11 is 0. The van der Waals surface area contributed by atoms with Crippen LogP contribution in [0.4, 0.5) is 61.2 Å². The molecule has 0 fully saturated rings. The van der Waals surface area contributed by atoms with Crippen LogP contribution in [0.1, 0.15) is 35.3 Å². The maximum Gasteiger partial charge on any atom is 0.416 e.